The number of anilines is 2. The number of hydrogen-bond acceptors (Lipinski definition) is 5. The summed E-state index contributed by atoms with van der Waals surface area (Å²) in [5.41, 5.74) is 8.10. The number of hydrogen-bond donors (Lipinski definition) is 3. The number of carbonyl (C=O) groups excluding carboxylic acids is 1. The number of rotatable bonds is 6. The fourth-order valence-corrected chi connectivity index (χ4v) is 2.05. The Labute approximate surface area is 123 Å². The smallest absolute Gasteiger partial charge is 0.242 e. The number of methoxy groups -OCH3 is 1. The number of pyridine rings is 1. The number of fused-ring (bicyclic) bond motifs is 1. The van der Waals surface area contributed by atoms with E-state index >= 15 is 0 Å². The first-order chi connectivity index (χ1) is 10.1. The molecule has 21 heavy (non-hydrogen) atoms. The summed E-state index contributed by atoms with van der Waals surface area (Å²) in [4.78, 5) is 16.2. The molecule has 0 bridgehead atoms. The maximum absolute atomic E-state index is 12.0. The Morgan fingerprint density at radius 3 is 3.00 bits per heavy atom. The van der Waals surface area contributed by atoms with Crippen LogP contribution in [0.2, 0.25) is 0 Å². The van der Waals surface area contributed by atoms with Crippen LogP contribution < -0.4 is 16.4 Å². The molecule has 2 rings (SSSR count). The molecule has 0 fully saturated rings. The largest absolute Gasteiger partial charge is 0.397 e. The van der Waals surface area contributed by atoms with Crippen molar-refractivity contribution in [3.63, 3.8) is 0 Å². The van der Waals surface area contributed by atoms with Crippen molar-refractivity contribution in [3.8, 4) is 0 Å². The summed E-state index contributed by atoms with van der Waals surface area (Å²) in [5, 5.41) is 6.88. The molecule has 6 nitrogen and oxygen atoms in total. The van der Waals surface area contributed by atoms with Gasteiger partial charge in [0.1, 0.15) is 6.04 Å². The summed E-state index contributed by atoms with van der Waals surface area (Å²) < 4.78 is 4.90. The van der Waals surface area contributed by atoms with Gasteiger partial charge < -0.3 is 21.1 Å². The van der Waals surface area contributed by atoms with E-state index in [1.54, 1.807) is 26.3 Å². The molecule has 0 aliphatic carbocycles. The molecule has 0 aliphatic heterocycles. The van der Waals surface area contributed by atoms with Crippen molar-refractivity contribution in [2.75, 3.05) is 31.3 Å². The number of nitrogens with one attached hydrogen (secondary N) is 2. The van der Waals surface area contributed by atoms with Crippen LogP contribution in [-0.4, -0.2) is 37.2 Å². The molecule has 0 saturated heterocycles. The highest BCUT2D eigenvalue weighted by atomic mass is 16.5. The van der Waals surface area contributed by atoms with Crippen LogP contribution in [-0.2, 0) is 9.53 Å². The summed E-state index contributed by atoms with van der Waals surface area (Å²) in [5.74, 6) is -0.0825. The van der Waals surface area contributed by atoms with Gasteiger partial charge in [-0.3, -0.25) is 9.78 Å². The zero-order valence-corrected chi connectivity index (χ0v) is 12.2. The summed E-state index contributed by atoms with van der Waals surface area (Å²) in [6, 6.07) is 7.05. The van der Waals surface area contributed by atoms with Crippen LogP contribution in [0.1, 0.15) is 6.92 Å². The van der Waals surface area contributed by atoms with E-state index in [-0.39, 0.29) is 11.9 Å². The maximum Gasteiger partial charge on any atom is 0.242 e. The molecule has 1 heterocycles. The highest BCUT2D eigenvalue weighted by molar-refractivity contribution is 5.99. The Morgan fingerprint density at radius 2 is 2.24 bits per heavy atom. The van der Waals surface area contributed by atoms with Gasteiger partial charge in [-0.15, -0.1) is 0 Å². The van der Waals surface area contributed by atoms with Crippen molar-refractivity contribution >= 4 is 28.2 Å². The van der Waals surface area contributed by atoms with Crippen molar-refractivity contribution < 1.29 is 9.53 Å². The lowest BCUT2D eigenvalue weighted by Crippen LogP contribution is -2.39. The number of amides is 1. The first-order valence-electron chi connectivity index (χ1n) is 6.80. The van der Waals surface area contributed by atoms with Crippen LogP contribution in [0.5, 0.6) is 0 Å². The van der Waals surface area contributed by atoms with E-state index < -0.39 is 0 Å². The van der Waals surface area contributed by atoms with Crippen LogP contribution in [0.3, 0.4) is 0 Å². The number of nitrogens with zero attached hydrogens (tertiary/aromatic N) is 1. The second-order valence-corrected chi connectivity index (χ2v) is 4.75. The lowest BCUT2D eigenvalue weighted by atomic mass is 10.1. The third kappa shape index (κ3) is 3.61. The number of nitrogens with two attached hydrogens (primary N) is 1. The number of nitrogen functional groups attached to an aromatic ring is 1. The number of aromatic nitrogens is 1. The zero-order chi connectivity index (χ0) is 15.2. The van der Waals surface area contributed by atoms with Crippen LogP contribution in [0.25, 0.3) is 10.9 Å². The molecule has 1 aromatic heterocycles. The number of benzene rings is 1. The fourth-order valence-electron chi connectivity index (χ4n) is 2.05. The summed E-state index contributed by atoms with van der Waals surface area (Å²) >= 11 is 0. The Morgan fingerprint density at radius 1 is 1.43 bits per heavy atom. The number of carbonyl (C=O) groups is 1. The topological polar surface area (TPSA) is 89.3 Å². The first-order valence-corrected chi connectivity index (χ1v) is 6.80. The minimum Gasteiger partial charge on any atom is -0.397 e. The van der Waals surface area contributed by atoms with Crippen molar-refractivity contribution in [3.05, 3.63) is 30.5 Å². The van der Waals surface area contributed by atoms with Crippen molar-refractivity contribution in [2.24, 2.45) is 0 Å². The van der Waals surface area contributed by atoms with Gasteiger partial charge in [-0.05, 0) is 31.2 Å². The van der Waals surface area contributed by atoms with Crippen LogP contribution in [0.4, 0.5) is 11.4 Å². The van der Waals surface area contributed by atoms with Crippen LogP contribution >= 0.6 is 0 Å². The molecular weight excluding hydrogens is 268 g/mol. The molecule has 0 aliphatic rings. The van der Waals surface area contributed by atoms with E-state index in [1.165, 1.54) is 0 Å². The van der Waals surface area contributed by atoms with E-state index in [0.717, 1.165) is 16.6 Å². The Kier molecular flexibility index (Phi) is 4.94. The molecule has 1 atom stereocenters. The van der Waals surface area contributed by atoms with E-state index in [1.807, 2.05) is 18.2 Å². The van der Waals surface area contributed by atoms with E-state index in [2.05, 4.69) is 15.6 Å². The van der Waals surface area contributed by atoms with E-state index in [0.29, 0.717) is 18.8 Å². The predicted octanol–water partition coefficient (Wildman–Crippen LogP) is 1.38. The minimum atomic E-state index is -0.367. The lowest BCUT2D eigenvalue weighted by molar-refractivity contribution is -0.121. The average molecular weight is 288 g/mol. The second kappa shape index (κ2) is 6.90. The normalized spacial score (nSPS) is 12.1. The zero-order valence-electron chi connectivity index (χ0n) is 12.2. The minimum absolute atomic E-state index is 0.0825. The molecule has 0 radical (unpaired) electrons. The quantitative estimate of drug-likeness (QED) is 0.552. The SMILES string of the molecule is COCCNC(=O)C(C)Nc1ccc(N)c2ncccc12. The maximum atomic E-state index is 12.0. The monoisotopic (exact) mass is 288 g/mol. The summed E-state index contributed by atoms with van der Waals surface area (Å²) in [6.45, 7) is 2.79. The van der Waals surface area contributed by atoms with Gasteiger partial charge in [-0.2, -0.15) is 0 Å². The van der Waals surface area contributed by atoms with E-state index in [9.17, 15) is 4.79 Å². The van der Waals surface area contributed by atoms with Crippen molar-refractivity contribution in [1.82, 2.24) is 10.3 Å². The van der Waals surface area contributed by atoms with Crippen molar-refractivity contribution in [2.45, 2.75) is 13.0 Å². The molecule has 0 saturated carbocycles. The molecule has 112 valence electrons. The molecule has 2 aromatic rings. The standard InChI is InChI=1S/C15H20N4O2/c1-10(15(20)18-8-9-21-2)19-13-6-5-12(16)14-11(13)4-3-7-17-14/h3-7,10,19H,8-9,16H2,1-2H3,(H,18,20). The third-order valence-corrected chi connectivity index (χ3v) is 3.17. The summed E-state index contributed by atoms with van der Waals surface area (Å²) in [7, 11) is 1.60. The molecule has 1 aromatic carbocycles. The van der Waals surface area contributed by atoms with Crippen LogP contribution in [0, 0.1) is 0 Å². The summed E-state index contributed by atoms with van der Waals surface area (Å²) in [6.07, 6.45) is 1.70. The van der Waals surface area contributed by atoms with Crippen LogP contribution in [0.15, 0.2) is 30.5 Å². The molecule has 0 spiro atoms. The highest BCUT2D eigenvalue weighted by Gasteiger charge is 2.14. The van der Waals surface area contributed by atoms with Gasteiger partial charge in [0.25, 0.3) is 0 Å². The van der Waals surface area contributed by atoms with E-state index in [4.69, 9.17) is 10.5 Å². The molecular formula is C15H20N4O2. The first kappa shape index (κ1) is 15.1. The van der Waals surface area contributed by atoms with Crippen molar-refractivity contribution in [1.29, 1.82) is 0 Å². The Bertz CT molecular complexity index is 630. The number of ether oxygens (including phenoxy) is 1. The predicted molar refractivity (Wildman–Crippen MR) is 84.1 cm³/mol. The average Bonchev–Trinajstić information content (AvgIpc) is 2.50. The van der Waals surface area contributed by atoms with Gasteiger partial charge in [0.15, 0.2) is 0 Å². The Balaban J connectivity index is 2.13. The lowest BCUT2D eigenvalue weighted by Gasteiger charge is -2.17. The fraction of sp³-hybridized carbons (Fsp3) is 0.333. The van der Waals surface area contributed by atoms with Gasteiger partial charge in [-0.1, -0.05) is 0 Å². The molecule has 4 N–H and O–H groups in total. The molecule has 1 unspecified atom stereocenters. The highest BCUT2D eigenvalue weighted by Crippen LogP contribution is 2.26. The van der Waals surface area contributed by atoms with Gasteiger partial charge in [-0.25, -0.2) is 0 Å². The Hall–Kier alpha value is -2.34. The van der Waals surface area contributed by atoms with Gasteiger partial charge in [0, 0.05) is 30.9 Å². The van der Waals surface area contributed by atoms with Gasteiger partial charge in [0.05, 0.1) is 17.8 Å². The van der Waals surface area contributed by atoms with Gasteiger partial charge in [0.2, 0.25) is 5.91 Å². The second-order valence-electron chi connectivity index (χ2n) is 4.75. The molecule has 1 amide bonds. The molecule has 6 heteroatoms. The third-order valence-electron chi connectivity index (χ3n) is 3.17. The van der Waals surface area contributed by atoms with Gasteiger partial charge >= 0.3 is 0 Å².